The molecule has 5 rings (SSSR count). The maximum absolute atomic E-state index is 13.1. The van der Waals surface area contributed by atoms with E-state index in [9.17, 15) is 9.90 Å². The van der Waals surface area contributed by atoms with Crippen molar-refractivity contribution >= 4 is 5.78 Å². The van der Waals surface area contributed by atoms with Crippen LogP contribution >= 0.6 is 0 Å². The van der Waals surface area contributed by atoms with Crippen LogP contribution in [-0.4, -0.2) is 17.0 Å². The van der Waals surface area contributed by atoms with Gasteiger partial charge in [0.05, 0.1) is 6.10 Å². The number of hydrogen-bond donors (Lipinski definition) is 1. The number of hydrogen-bond acceptors (Lipinski definition) is 2. The van der Waals surface area contributed by atoms with E-state index in [1.807, 2.05) is 0 Å². The molecule has 5 aliphatic carbocycles. The van der Waals surface area contributed by atoms with Crippen LogP contribution in [0.1, 0.15) is 84.0 Å². The van der Waals surface area contributed by atoms with Crippen LogP contribution in [0.3, 0.4) is 0 Å². The number of aliphatic hydroxyl groups excluding tert-OH is 1. The van der Waals surface area contributed by atoms with E-state index in [1.165, 1.54) is 51.4 Å². The Morgan fingerprint density at radius 3 is 2.62 bits per heavy atom. The second-order valence-corrected chi connectivity index (χ2v) is 10.3. The van der Waals surface area contributed by atoms with Crippen LogP contribution in [0.15, 0.2) is 0 Å². The molecule has 1 N–H and O–H groups in total. The molecule has 1 spiro atoms. The zero-order valence-electron chi connectivity index (χ0n) is 15.3. The van der Waals surface area contributed by atoms with Gasteiger partial charge < -0.3 is 5.11 Å². The van der Waals surface area contributed by atoms with Crippen LogP contribution in [0.4, 0.5) is 0 Å². The second kappa shape index (κ2) is 5.32. The van der Waals surface area contributed by atoms with Crippen molar-refractivity contribution < 1.29 is 9.90 Å². The first-order valence-electron chi connectivity index (χ1n) is 10.8. The maximum Gasteiger partial charge on any atom is 0.139 e. The van der Waals surface area contributed by atoms with Crippen molar-refractivity contribution in [3.63, 3.8) is 0 Å². The quantitative estimate of drug-likeness (QED) is 0.696. The molecule has 5 saturated carbocycles. The lowest BCUT2D eigenvalue weighted by molar-refractivity contribution is -0.158. The summed E-state index contributed by atoms with van der Waals surface area (Å²) in [6.45, 7) is 2.55. The summed E-state index contributed by atoms with van der Waals surface area (Å²) in [6.07, 6.45) is 14.4. The van der Waals surface area contributed by atoms with Crippen molar-refractivity contribution in [1.29, 1.82) is 0 Å². The van der Waals surface area contributed by atoms with Crippen molar-refractivity contribution in [1.82, 2.24) is 0 Å². The maximum atomic E-state index is 13.1. The number of fused-ring (bicyclic) bond motifs is 4. The van der Waals surface area contributed by atoms with Gasteiger partial charge in [-0.2, -0.15) is 0 Å². The van der Waals surface area contributed by atoms with Gasteiger partial charge in [-0.25, -0.2) is 0 Å². The fourth-order valence-electron chi connectivity index (χ4n) is 8.74. The lowest BCUT2D eigenvalue weighted by Gasteiger charge is -2.61. The predicted octanol–water partition coefficient (Wildman–Crippen LogP) is 4.74. The summed E-state index contributed by atoms with van der Waals surface area (Å²) in [5.74, 6) is 4.46. The highest BCUT2D eigenvalue weighted by molar-refractivity contribution is 5.86. The molecule has 0 radical (unpaired) electrons. The summed E-state index contributed by atoms with van der Waals surface area (Å²) in [7, 11) is 0. The standard InChI is InChI=1S/C22H34O2/c1-21-11-9-16(23)13-15(21)5-7-17-18(21)10-12-22-14(6-8-19(17)22)3-2-4-20(22)24/h14-19,23H,2-13H2,1H3/t14-,15+,16+,17+,18-,19-,21-,22+/m0/s1. The van der Waals surface area contributed by atoms with E-state index < -0.39 is 0 Å². The molecule has 5 aliphatic rings. The fraction of sp³-hybridized carbons (Fsp3) is 0.955. The van der Waals surface area contributed by atoms with Crippen LogP contribution in [-0.2, 0) is 4.79 Å². The third-order valence-corrected chi connectivity index (χ3v) is 9.80. The van der Waals surface area contributed by atoms with Gasteiger partial charge in [-0.15, -0.1) is 0 Å². The predicted molar refractivity (Wildman–Crippen MR) is 94.4 cm³/mol. The molecule has 0 unspecified atom stereocenters. The molecule has 0 aromatic rings. The first-order chi connectivity index (χ1) is 11.6. The average Bonchev–Trinajstić information content (AvgIpc) is 2.97. The van der Waals surface area contributed by atoms with Gasteiger partial charge in [-0.1, -0.05) is 6.92 Å². The zero-order valence-corrected chi connectivity index (χ0v) is 15.3. The Hall–Kier alpha value is -0.370. The van der Waals surface area contributed by atoms with Gasteiger partial charge in [-0.3, -0.25) is 4.79 Å². The minimum atomic E-state index is -0.0506. The Morgan fingerprint density at radius 1 is 0.917 bits per heavy atom. The zero-order chi connectivity index (χ0) is 16.5. The Labute approximate surface area is 146 Å². The molecule has 8 atom stereocenters. The second-order valence-electron chi connectivity index (χ2n) is 10.3. The van der Waals surface area contributed by atoms with Crippen molar-refractivity contribution in [3.8, 4) is 0 Å². The molecule has 5 fully saturated rings. The molecule has 0 bridgehead atoms. The van der Waals surface area contributed by atoms with Crippen LogP contribution in [0.5, 0.6) is 0 Å². The number of carbonyl (C=O) groups is 1. The van der Waals surface area contributed by atoms with E-state index in [0.29, 0.717) is 17.1 Å². The third kappa shape index (κ3) is 1.90. The molecule has 0 aliphatic heterocycles. The van der Waals surface area contributed by atoms with Crippen molar-refractivity contribution in [2.75, 3.05) is 0 Å². The number of Topliss-reactive ketones (excluding diaryl/α,β-unsaturated/α-hetero) is 1. The fourth-order valence-corrected chi connectivity index (χ4v) is 8.74. The van der Waals surface area contributed by atoms with Crippen LogP contribution in [0.2, 0.25) is 0 Å². The molecular formula is C22H34O2. The van der Waals surface area contributed by atoms with Crippen molar-refractivity contribution in [3.05, 3.63) is 0 Å². The minimum Gasteiger partial charge on any atom is -0.393 e. The molecular weight excluding hydrogens is 296 g/mol. The van der Waals surface area contributed by atoms with E-state index in [0.717, 1.165) is 49.4 Å². The van der Waals surface area contributed by atoms with Gasteiger partial charge in [0.2, 0.25) is 0 Å². The van der Waals surface area contributed by atoms with E-state index in [2.05, 4.69) is 6.92 Å². The monoisotopic (exact) mass is 330 g/mol. The Morgan fingerprint density at radius 2 is 1.75 bits per heavy atom. The summed E-state index contributed by atoms with van der Waals surface area (Å²) >= 11 is 0. The van der Waals surface area contributed by atoms with Gasteiger partial charge in [0, 0.05) is 11.8 Å². The summed E-state index contributed by atoms with van der Waals surface area (Å²) in [6, 6.07) is 0. The molecule has 134 valence electrons. The number of rotatable bonds is 0. The van der Waals surface area contributed by atoms with Gasteiger partial charge in [0.1, 0.15) is 5.78 Å². The molecule has 0 saturated heterocycles. The molecule has 0 aromatic heterocycles. The van der Waals surface area contributed by atoms with Crippen LogP contribution in [0, 0.1) is 40.4 Å². The first kappa shape index (κ1) is 15.9. The lowest BCUT2D eigenvalue weighted by Crippen LogP contribution is -2.57. The van der Waals surface area contributed by atoms with E-state index >= 15 is 0 Å². The summed E-state index contributed by atoms with van der Waals surface area (Å²) in [5.41, 5.74) is 0.552. The lowest BCUT2D eigenvalue weighted by atomic mass is 9.43. The Kier molecular flexibility index (Phi) is 3.51. The Balaban J connectivity index is 1.48. The van der Waals surface area contributed by atoms with Gasteiger partial charge in [0.15, 0.2) is 0 Å². The highest BCUT2D eigenvalue weighted by atomic mass is 16.3. The van der Waals surface area contributed by atoms with Crippen molar-refractivity contribution in [2.45, 2.75) is 90.1 Å². The minimum absolute atomic E-state index is 0.0506. The van der Waals surface area contributed by atoms with Crippen molar-refractivity contribution in [2.24, 2.45) is 40.4 Å². The highest BCUT2D eigenvalue weighted by Crippen LogP contribution is 2.69. The summed E-state index contributed by atoms with van der Waals surface area (Å²) in [4.78, 5) is 13.1. The van der Waals surface area contributed by atoms with Gasteiger partial charge >= 0.3 is 0 Å². The normalized spacial score (nSPS) is 56.8. The summed E-state index contributed by atoms with van der Waals surface area (Å²) < 4.78 is 0. The largest absolute Gasteiger partial charge is 0.393 e. The number of ketones is 1. The number of aliphatic hydroxyl groups is 1. The molecule has 2 heteroatoms. The topological polar surface area (TPSA) is 37.3 Å². The molecule has 0 aromatic carbocycles. The van der Waals surface area contributed by atoms with Gasteiger partial charge in [-0.05, 0) is 106 Å². The van der Waals surface area contributed by atoms with Crippen LogP contribution < -0.4 is 0 Å². The smallest absolute Gasteiger partial charge is 0.139 e. The van der Waals surface area contributed by atoms with E-state index in [-0.39, 0.29) is 11.5 Å². The van der Waals surface area contributed by atoms with Crippen LogP contribution in [0.25, 0.3) is 0 Å². The number of carbonyl (C=O) groups excluding carboxylic acids is 1. The molecule has 24 heavy (non-hydrogen) atoms. The average molecular weight is 331 g/mol. The Bertz CT molecular complexity index is 542. The SMILES string of the molecule is C[C@]12CC[C@@H](O)C[C@H]1CC[C@@H]1[C@@H]2CC[C@@]23C(=O)CCC[C@H]2CC[C@@H]13. The van der Waals surface area contributed by atoms with E-state index in [4.69, 9.17) is 0 Å². The highest BCUT2D eigenvalue weighted by Gasteiger charge is 2.64. The molecule has 2 nitrogen and oxygen atoms in total. The van der Waals surface area contributed by atoms with E-state index in [1.54, 1.807) is 0 Å². The molecule has 0 amide bonds. The third-order valence-electron chi connectivity index (χ3n) is 9.80. The first-order valence-corrected chi connectivity index (χ1v) is 10.8. The summed E-state index contributed by atoms with van der Waals surface area (Å²) in [5, 5.41) is 10.2. The van der Waals surface area contributed by atoms with Gasteiger partial charge in [0.25, 0.3) is 0 Å². The molecule has 0 heterocycles.